The molecule has 4 aromatic carbocycles. The molecule has 2 N–H and O–H groups in total. The van der Waals surface area contributed by atoms with Gasteiger partial charge in [0, 0.05) is 23.4 Å². The van der Waals surface area contributed by atoms with Crippen molar-refractivity contribution in [2.45, 2.75) is 24.8 Å². The molecule has 1 aliphatic heterocycles. The van der Waals surface area contributed by atoms with Gasteiger partial charge >= 0.3 is 6.03 Å². The number of nitrogens with zero attached hydrogens (tertiary/aromatic N) is 1. The molecule has 4 aromatic rings. The number of benzene rings is 4. The van der Waals surface area contributed by atoms with E-state index >= 15 is 0 Å². The summed E-state index contributed by atoms with van der Waals surface area (Å²) in [6, 6.07) is 27.1. The Bertz CT molecular complexity index is 1660. The van der Waals surface area contributed by atoms with Gasteiger partial charge in [-0.15, -0.1) is 0 Å². The van der Waals surface area contributed by atoms with Gasteiger partial charge < -0.3 is 10.6 Å². The Morgan fingerprint density at radius 2 is 1.60 bits per heavy atom. The molecule has 0 radical (unpaired) electrons. The van der Waals surface area contributed by atoms with Crippen LogP contribution < -0.4 is 15.5 Å². The van der Waals surface area contributed by atoms with Gasteiger partial charge in [0.2, 0.25) is 0 Å². The molecule has 0 spiro atoms. The van der Waals surface area contributed by atoms with Crippen LogP contribution in [0.4, 0.5) is 26.2 Å². The minimum atomic E-state index is -0.712. The summed E-state index contributed by atoms with van der Waals surface area (Å²) in [4.78, 5) is 29.7. The van der Waals surface area contributed by atoms with Crippen LogP contribution in [0.5, 0.6) is 0 Å². The third kappa shape index (κ3) is 4.96. The molecule has 200 valence electrons. The predicted octanol–water partition coefficient (Wildman–Crippen LogP) is 8.74. The van der Waals surface area contributed by atoms with Crippen molar-refractivity contribution in [2.75, 3.05) is 15.5 Å². The number of carbonyl (C=O) groups excluding carboxylic acids is 2. The van der Waals surface area contributed by atoms with Crippen LogP contribution in [0.3, 0.4) is 0 Å². The lowest BCUT2D eigenvalue weighted by molar-refractivity contribution is -0.116. The molecule has 0 saturated heterocycles. The van der Waals surface area contributed by atoms with Crippen LogP contribution in [0.1, 0.15) is 35.9 Å². The molecule has 1 aliphatic carbocycles. The number of urea groups is 1. The Balaban J connectivity index is 1.49. The van der Waals surface area contributed by atoms with Gasteiger partial charge in [0.15, 0.2) is 5.78 Å². The Hall–Kier alpha value is -4.13. The minimum Gasteiger partial charge on any atom is -0.357 e. The maximum Gasteiger partial charge on any atom is 0.327 e. The average molecular weight is 572 g/mol. The Morgan fingerprint density at radius 1 is 0.850 bits per heavy atom. The highest BCUT2D eigenvalue weighted by Gasteiger charge is 2.41. The molecular formula is C32H24Cl2FN3O2. The van der Waals surface area contributed by atoms with Crippen molar-refractivity contribution < 1.29 is 14.0 Å². The summed E-state index contributed by atoms with van der Waals surface area (Å²) in [5.41, 5.74) is 4.55. The van der Waals surface area contributed by atoms with E-state index in [0.29, 0.717) is 39.1 Å². The molecule has 0 unspecified atom stereocenters. The Kier molecular flexibility index (Phi) is 7.05. The summed E-state index contributed by atoms with van der Waals surface area (Å²) < 4.78 is 14.1. The largest absolute Gasteiger partial charge is 0.357 e. The third-order valence-corrected chi connectivity index (χ3v) is 8.05. The second-order valence-corrected chi connectivity index (χ2v) is 10.7. The van der Waals surface area contributed by atoms with Crippen LogP contribution in [0.15, 0.2) is 108 Å². The van der Waals surface area contributed by atoms with Gasteiger partial charge in [0.25, 0.3) is 0 Å². The molecule has 6 rings (SSSR count). The summed E-state index contributed by atoms with van der Waals surface area (Å²) >= 11 is 12.3. The van der Waals surface area contributed by atoms with Crippen molar-refractivity contribution in [3.63, 3.8) is 0 Å². The topological polar surface area (TPSA) is 61.4 Å². The number of hydrogen-bond acceptors (Lipinski definition) is 3. The molecule has 0 aromatic heterocycles. The fourth-order valence-corrected chi connectivity index (χ4v) is 5.82. The molecule has 40 heavy (non-hydrogen) atoms. The number of hydrogen-bond donors (Lipinski definition) is 2. The molecular weight excluding hydrogens is 548 g/mol. The van der Waals surface area contributed by atoms with E-state index < -0.39 is 12.1 Å². The van der Waals surface area contributed by atoms with Crippen molar-refractivity contribution >= 4 is 52.1 Å². The maximum absolute atomic E-state index is 14.1. The summed E-state index contributed by atoms with van der Waals surface area (Å²) in [6.45, 7) is 0. The van der Waals surface area contributed by atoms with Gasteiger partial charge in [0.1, 0.15) is 5.82 Å². The van der Waals surface area contributed by atoms with Gasteiger partial charge in [-0.1, -0.05) is 77.8 Å². The number of nitrogens with one attached hydrogen (secondary N) is 2. The SMILES string of the molecule is O=C1C[C@@H](c2cccc(F)c2)CC2=C1[C@@H](c1ccccc1)N(C(=O)Nc1ccc(Cl)c(Cl)c1)c1ccccc1N2. The van der Waals surface area contributed by atoms with E-state index in [9.17, 15) is 14.0 Å². The highest BCUT2D eigenvalue weighted by Crippen LogP contribution is 2.47. The van der Waals surface area contributed by atoms with E-state index in [1.807, 2.05) is 60.7 Å². The van der Waals surface area contributed by atoms with Gasteiger partial charge in [0.05, 0.1) is 27.5 Å². The van der Waals surface area contributed by atoms with Crippen LogP contribution in [-0.2, 0) is 4.79 Å². The fraction of sp³-hybridized carbons (Fsp3) is 0.125. The standard InChI is InChI=1S/C32H24Cl2FN3O2/c33-24-14-13-23(18-25(24)34)36-32(40)38-28-12-5-4-11-26(28)37-27-16-21(20-9-6-10-22(35)15-20)17-29(39)30(27)31(38)19-7-2-1-3-8-19/h1-15,18,21,31,37H,16-17H2,(H,36,40)/t21-,31+/m0/s1. The number of rotatable bonds is 3. The number of Topliss-reactive ketones (excluding diaryl/α,β-unsaturated/α-hetero) is 1. The predicted molar refractivity (Wildman–Crippen MR) is 158 cm³/mol. The number of halogens is 3. The number of anilines is 3. The lowest BCUT2D eigenvalue weighted by Gasteiger charge is -2.35. The zero-order valence-electron chi connectivity index (χ0n) is 21.2. The first kappa shape index (κ1) is 26.1. The van der Waals surface area contributed by atoms with Crippen molar-refractivity contribution in [3.05, 3.63) is 135 Å². The number of allylic oxidation sites excluding steroid dienone is 1. The molecule has 8 heteroatoms. The highest BCUT2D eigenvalue weighted by atomic mass is 35.5. The number of carbonyl (C=O) groups is 2. The number of fused-ring (bicyclic) bond motifs is 1. The summed E-state index contributed by atoms with van der Waals surface area (Å²) in [5, 5.41) is 7.11. The minimum absolute atomic E-state index is 0.1000. The van der Waals surface area contributed by atoms with Crippen molar-refractivity contribution in [3.8, 4) is 0 Å². The average Bonchev–Trinajstić information content (AvgIpc) is 3.10. The normalized spacial score (nSPS) is 18.4. The number of amides is 2. The van der Waals surface area contributed by atoms with Crippen molar-refractivity contribution in [2.24, 2.45) is 0 Å². The van der Waals surface area contributed by atoms with E-state index in [1.54, 1.807) is 29.2 Å². The fourth-order valence-electron chi connectivity index (χ4n) is 5.52. The highest BCUT2D eigenvalue weighted by molar-refractivity contribution is 6.42. The van der Waals surface area contributed by atoms with Crippen LogP contribution in [0.25, 0.3) is 0 Å². The van der Waals surface area contributed by atoms with Crippen LogP contribution in [-0.4, -0.2) is 11.8 Å². The van der Waals surface area contributed by atoms with Gasteiger partial charge in [-0.25, -0.2) is 9.18 Å². The molecule has 2 aliphatic rings. The van der Waals surface area contributed by atoms with E-state index in [-0.39, 0.29) is 23.9 Å². The zero-order chi connectivity index (χ0) is 27.8. The van der Waals surface area contributed by atoms with Crippen LogP contribution >= 0.6 is 23.2 Å². The molecule has 5 nitrogen and oxygen atoms in total. The van der Waals surface area contributed by atoms with Crippen molar-refractivity contribution in [1.82, 2.24) is 0 Å². The first-order valence-corrected chi connectivity index (χ1v) is 13.6. The molecule has 0 saturated carbocycles. The van der Waals surface area contributed by atoms with Gasteiger partial charge in [-0.05, 0) is 65.9 Å². The summed E-state index contributed by atoms with van der Waals surface area (Å²) in [6.07, 6.45) is 0.691. The second-order valence-electron chi connectivity index (χ2n) is 9.86. The third-order valence-electron chi connectivity index (χ3n) is 7.31. The summed E-state index contributed by atoms with van der Waals surface area (Å²) in [5.74, 6) is -0.636. The second kappa shape index (κ2) is 10.8. The van der Waals surface area contributed by atoms with Crippen molar-refractivity contribution in [1.29, 1.82) is 0 Å². The van der Waals surface area contributed by atoms with E-state index in [1.165, 1.54) is 12.1 Å². The van der Waals surface area contributed by atoms with E-state index in [4.69, 9.17) is 23.2 Å². The maximum atomic E-state index is 14.1. The van der Waals surface area contributed by atoms with E-state index in [0.717, 1.165) is 16.8 Å². The molecule has 0 bridgehead atoms. The molecule has 1 heterocycles. The Morgan fingerprint density at radius 3 is 2.38 bits per heavy atom. The monoisotopic (exact) mass is 571 g/mol. The van der Waals surface area contributed by atoms with Crippen LogP contribution in [0, 0.1) is 5.82 Å². The van der Waals surface area contributed by atoms with E-state index in [2.05, 4.69) is 10.6 Å². The number of para-hydroxylation sites is 2. The molecule has 0 fully saturated rings. The van der Waals surface area contributed by atoms with Gasteiger partial charge in [-0.3, -0.25) is 9.69 Å². The Labute approximate surface area is 241 Å². The lowest BCUT2D eigenvalue weighted by atomic mass is 9.78. The summed E-state index contributed by atoms with van der Waals surface area (Å²) in [7, 11) is 0. The quantitative estimate of drug-likeness (QED) is 0.258. The molecule has 2 atom stereocenters. The van der Waals surface area contributed by atoms with Crippen LogP contribution in [0.2, 0.25) is 10.0 Å². The molecule has 2 amide bonds. The first-order valence-electron chi connectivity index (χ1n) is 12.9. The zero-order valence-corrected chi connectivity index (χ0v) is 22.7. The number of ketones is 1. The smallest absolute Gasteiger partial charge is 0.327 e. The first-order chi connectivity index (χ1) is 19.4. The lowest BCUT2D eigenvalue weighted by Crippen LogP contribution is -2.41. The van der Waals surface area contributed by atoms with Gasteiger partial charge in [-0.2, -0.15) is 0 Å².